The van der Waals surface area contributed by atoms with Gasteiger partial charge in [0.2, 0.25) is 5.91 Å². The predicted octanol–water partition coefficient (Wildman–Crippen LogP) is 0.148. The van der Waals surface area contributed by atoms with Gasteiger partial charge in [0, 0.05) is 64.5 Å². The van der Waals surface area contributed by atoms with Crippen molar-refractivity contribution in [2.24, 2.45) is 5.92 Å². The largest absolute Gasteiger partial charge is 0.350 e. The maximum atomic E-state index is 13.0. The highest BCUT2D eigenvalue weighted by molar-refractivity contribution is 5.93. The minimum Gasteiger partial charge on any atom is -0.350 e. The van der Waals surface area contributed by atoms with Crippen LogP contribution in [-0.4, -0.2) is 79.4 Å². The molecule has 3 aromatic rings. The molecule has 1 fully saturated rings. The van der Waals surface area contributed by atoms with Crippen LogP contribution in [0.15, 0.2) is 53.7 Å². The van der Waals surface area contributed by atoms with Crippen molar-refractivity contribution in [1.29, 1.82) is 0 Å². The number of likely N-dealkylation sites (N-methyl/N-ethyl adjacent to an activating group) is 1. The second-order valence-corrected chi connectivity index (χ2v) is 9.16. The van der Waals surface area contributed by atoms with Crippen molar-refractivity contribution in [2.75, 3.05) is 33.2 Å². The number of carbonyl (C=O) groups is 2. The first-order chi connectivity index (χ1) is 17.0. The molecule has 3 aromatic heterocycles. The van der Waals surface area contributed by atoms with E-state index in [-0.39, 0.29) is 36.5 Å². The van der Waals surface area contributed by atoms with Crippen molar-refractivity contribution in [3.8, 4) is 0 Å². The van der Waals surface area contributed by atoms with Gasteiger partial charge in [-0.2, -0.15) is 0 Å². The van der Waals surface area contributed by atoms with Crippen molar-refractivity contribution in [1.82, 2.24) is 39.7 Å². The van der Waals surface area contributed by atoms with Crippen molar-refractivity contribution >= 4 is 11.8 Å². The summed E-state index contributed by atoms with van der Waals surface area (Å²) in [7, 11) is 1.73. The van der Waals surface area contributed by atoms with E-state index in [0.29, 0.717) is 31.7 Å². The summed E-state index contributed by atoms with van der Waals surface area (Å²) in [5, 5.41) is 11.4. The Balaban J connectivity index is 1.45. The fourth-order valence-corrected chi connectivity index (χ4v) is 4.79. The SMILES string of the molecule is CN1CCNC(=O)c2cccn(c2=O)Cc2cn(nn2)[C@@H]2CN(Cc3ccccn3)C[C@@H]2CC1=O. The zero-order valence-electron chi connectivity index (χ0n) is 19.6. The summed E-state index contributed by atoms with van der Waals surface area (Å²) < 4.78 is 3.28. The van der Waals surface area contributed by atoms with E-state index in [9.17, 15) is 14.4 Å². The van der Waals surface area contributed by atoms with Gasteiger partial charge in [0.05, 0.1) is 24.5 Å². The molecule has 5 rings (SSSR count). The van der Waals surface area contributed by atoms with Gasteiger partial charge in [-0.3, -0.25) is 24.3 Å². The van der Waals surface area contributed by atoms with Crippen LogP contribution in [0.25, 0.3) is 0 Å². The number of carbonyl (C=O) groups excluding carboxylic acids is 2. The maximum absolute atomic E-state index is 13.0. The highest BCUT2D eigenvalue weighted by atomic mass is 16.2. The number of likely N-dealkylation sites (tertiary alicyclic amines) is 1. The van der Waals surface area contributed by atoms with E-state index in [1.165, 1.54) is 10.6 Å². The number of hydrogen-bond donors (Lipinski definition) is 1. The van der Waals surface area contributed by atoms with E-state index >= 15 is 0 Å². The van der Waals surface area contributed by atoms with E-state index in [2.05, 4.69) is 25.5 Å². The molecule has 2 amide bonds. The molecule has 0 aliphatic carbocycles. The maximum Gasteiger partial charge on any atom is 0.263 e. The average Bonchev–Trinajstić information content (AvgIpc) is 3.47. The van der Waals surface area contributed by atoms with Gasteiger partial charge >= 0.3 is 0 Å². The molecule has 11 nitrogen and oxygen atoms in total. The lowest BCUT2D eigenvalue weighted by Gasteiger charge is -2.22. The predicted molar refractivity (Wildman–Crippen MR) is 126 cm³/mol. The topological polar surface area (TPSA) is 118 Å². The third-order valence-corrected chi connectivity index (χ3v) is 6.68. The number of aromatic nitrogens is 5. The molecule has 0 saturated carbocycles. The number of fused-ring (bicyclic) bond motifs is 6. The van der Waals surface area contributed by atoms with Crippen molar-refractivity contribution in [3.63, 3.8) is 0 Å². The third kappa shape index (κ3) is 4.99. The first kappa shape index (κ1) is 22.9. The lowest BCUT2D eigenvalue weighted by molar-refractivity contribution is -0.131. The van der Waals surface area contributed by atoms with Crippen LogP contribution < -0.4 is 10.9 Å². The molecule has 1 saturated heterocycles. The van der Waals surface area contributed by atoms with Gasteiger partial charge in [-0.25, -0.2) is 4.68 Å². The van der Waals surface area contributed by atoms with Gasteiger partial charge in [-0.05, 0) is 24.3 Å². The Hall–Kier alpha value is -3.86. The van der Waals surface area contributed by atoms with Crippen LogP contribution in [0, 0.1) is 5.92 Å². The Morgan fingerprint density at radius 2 is 2.00 bits per heavy atom. The molecule has 1 N–H and O–H groups in total. The highest BCUT2D eigenvalue weighted by Crippen LogP contribution is 2.31. The lowest BCUT2D eigenvalue weighted by Crippen LogP contribution is -2.39. The Morgan fingerprint density at radius 1 is 1.11 bits per heavy atom. The molecule has 5 heterocycles. The normalized spacial score (nSPS) is 21.6. The van der Waals surface area contributed by atoms with Crippen molar-refractivity contribution in [2.45, 2.75) is 25.6 Å². The molecule has 0 spiro atoms. The molecule has 0 aromatic carbocycles. The fourth-order valence-electron chi connectivity index (χ4n) is 4.79. The molecule has 2 atom stereocenters. The number of pyridine rings is 2. The fraction of sp³-hybridized carbons (Fsp3) is 0.417. The van der Waals surface area contributed by atoms with Gasteiger partial charge < -0.3 is 14.8 Å². The minimum absolute atomic E-state index is 0.00318. The minimum atomic E-state index is -0.457. The van der Waals surface area contributed by atoms with Crippen LogP contribution in [0.2, 0.25) is 0 Å². The van der Waals surface area contributed by atoms with Crippen LogP contribution in [0.4, 0.5) is 0 Å². The molecule has 11 heteroatoms. The van der Waals surface area contributed by atoms with Gasteiger partial charge in [0.25, 0.3) is 11.5 Å². The van der Waals surface area contributed by atoms with Crippen LogP contribution in [0.3, 0.4) is 0 Å². The smallest absolute Gasteiger partial charge is 0.263 e. The van der Waals surface area contributed by atoms with Gasteiger partial charge in [-0.15, -0.1) is 5.10 Å². The summed E-state index contributed by atoms with van der Waals surface area (Å²) in [5.41, 5.74) is 1.25. The molecule has 4 bridgehead atoms. The zero-order valence-corrected chi connectivity index (χ0v) is 19.6. The summed E-state index contributed by atoms with van der Waals surface area (Å²) >= 11 is 0. The third-order valence-electron chi connectivity index (χ3n) is 6.68. The number of nitrogens with zero attached hydrogens (tertiary/aromatic N) is 7. The molecule has 0 unspecified atom stereocenters. The molecular weight excluding hydrogens is 448 g/mol. The Morgan fingerprint density at radius 3 is 2.83 bits per heavy atom. The number of rotatable bonds is 2. The standard InChI is InChI=1S/C24H28N8O3/c1-29-10-8-26-23(34)20-6-4-9-31(24(20)35)14-19-15-32(28-27-19)21-16-30(12-17(21)11-22(29)33)13-18-5-2-3-7-25-18/h2-7,9,15,17,21H,8,10-14,16H2,1H3,(H,26,34)/t17-,21+/m0/s1. The van der Waals surface area contributed by atoms with Crippen molar-refractivity contribution in [3.05, 3.63) is 76.2 Å². The average molecular weight is 477 g/mol. The van der Waals surface area contributed by atoms with Crippen LogP contribution >= 0.6 is 0 Å². The molecular formula is C24H28N8O3. The van der Waals surface area contributed by atoms with E-state index in [4.69, 9.17) is 0 Å². The van der Waals surface area contributed by atoms with Crippen LogP contribution in [0.1, 0.15) is 34.2 Å². The molecule has 182 valence electrons. The van der Waals surface area contributed by atoms with Gasteiger partial charge in [0.1, 0.15) is 11.3 Å². The first-order valence-electron chi connectivity index (χ1n) is 11.7. The number of nitrogens with one attached hydrogen (secondary N) is 1. The number of hydrogen-bond acceptors (Lipinski definition) is 7. The van der Waals surface area contributed by atoms with Crippen LogP contribution in [-0.2, 0) is 17.9 Å². The van der Waals surface area contributed by atoms with Crippen LogP contribution in [0.5, 0.6) is 0 Å². The monoisotopic (exact) mass is 476 g/mol. The lowest BCUT2D eigenvalue weighted by atomic mass is 9.99. The second-order valence-electron chi connectivity index (χ2n) is 9.16. The summed E-state index contributed by atoms with van der Waals surface area (Å²) in [6, 6.07) is 9.00. The van der Waals surface area contributed by atoms with E-state index < -0.39 is 11.5 Å². The molecule has 0 radical (unpaired) electrons. The number of amides is 2. The van der Waals surface area contributed by atoms with E-state index in [1.807, 2.05) is 29.1 Å². The Kier molecular flexibility index (Phi) is 6.41. The highest BCUT2D eigenvalue weighted by Gasteiger charge is 2.37. The Labute approximate surface area is 202 Å². The summed E-state index contributed by atoms with van der Waals surface area (Å²) in [6.45, 7) is 2.95. The summed E-state index contributed by atoms with van der Waals surface area (Å²) in [4.78, 5) is 46.8. The summed E-state index contributed by atoms with van der Waals surface area (Å²) in [6.07, 6.45) is 5.62. The van der Waals surface area contributed by atoms with E-state index in [0.717, 1.165) is 12.2 Å². The zero-order chi connectivity index (χ0) is 24.4. The quantitative estimate of drug-likeness (QED) is 0.559. The molecule has 35 heavy (non-hydrogen) atoms. The Bertz CT molecular complexity index is 1270. The first-order valence-corrected chi connectivity index (χ1v) is 11.7. The molecule has 2 aliphatic rings. The summed E-state index contributed by atoms with van der Waals surface area (Å²) in [5.74, 6) is -0.415. The molecule has 2 aliphatic heterocycles. The van der Waals surface area contributed by atoms with Gasteiger partial charge in [0.15, 0.2) is 0 Å². The van der Waals surface area contributed by atoms with Gasteiger partial charge in [-0.1, -0.05) is 11.3 Å². The van der Waals surface area contributed by atoms with E-state index in [1.54, 1.807) is 30.4 Å². The van der Waals surface area contributed by atoms with Crippen molar-refractivity contribution < 1.29 is 9.59 Å². The second kappa shape index (κ2) is 9.79.